The fraction of sp³-hybridized carbons (Fsp3) is 0.444. The van der Waals surface area contributed by atoms with Crippen molar-refractivity contribution in [1.82, 2.24) is 9.13 Å². The Bertz CT molecular complexity index is 1300. The van der Waals surface area contributed by atoms with Gasteiger partial charge in [0.1, 0.15) is 0 Å². The second-order valence-electron chi connectivity index (χ2n) is 9.92. The van der Waals surface area contributed by atoms with Gasteiger partial charge in [-0.25, -0.2) is 4.79 Å². The maximum absolute atomic E-state index is 12.0. The average molecular weight is 415 g/mol. The molecule has 6 rings (SSSR count). The number of hydrogen-bond donors (Lipinski definition) is 1. The summed E-state index contributed by atoms with van der Waals surface area (Å²) >= 11 is 0. The van der Waals surface area contributed by atoms with E-state index in [9.17, 15) is 9.90 Å². The fourth-order valence-electron chi connectivity index (χ4n) is 6.49. The van der Waals surface area contributed by atoms with Crippen LogP contribution < -0.4 is 10.6 Å². The summed E-state index contributed by atoms with van der Waals surface area (Å²) < 4.78 is 3.77. The number of benzene rings is 1. The Hall–Kier alpha value is -2.75. The summed E-state index contributed by atoms with van der Waals surface area (Å²) in [6.45, 7) is 2.32. The van der Waals surface area contributed by atoms with Gasteiger partial charge in [0, 0.05) is 34.6 Å². The number of aromatic nitrogens is 2. The average Bonchev–Trinajstić information content (AvgIpc) is 3.33. The van der Waals surface area contributed by atoms with Gasteiger partial charge >= 0.3 is 6.09 Å². The third-order valence-electron chi connectivity index (χ3n) is 7.99. The second kappa shape index (κ2) is 7.15. The van der Waals surface area contributed by atoms with Gasteiger partial charge in [0.25, 0.3) is 0 Å². The van der Waals surface area contributed by atoms with Crippen molar-refractivity contribution in [2.24, 2.45) is 5.92 Å². The Morgan fingerprint density at radius 2 is 1.90 bits per heavy atom. The largest absolute Gasteiger partial charge is 0.464 e. The Morgan fingerprint density at radius 3 is 2.71 bits per heavy atom. The molecule has 31 heavy (non-hydrogen) atoms. The van der Waals surface area contributed by atoms with Crippen molar-refractivity contribution in [1.29, 1.82) is 0 Å². The van der Waals surface area contributed by atoms with Crippen LogP contribution >= 0.6 is 0 Å². The summed E-state index contributed by atoms with van der Waals surface area (Å²) in [5.41, 5.74) is 5.51. The van der Waals surface area contributed by atoms with Gasteiger partial charge in [0.05, 0.1) is 10.9 Å². The highest BCUT2D eigenvalue weighted by Gasteiger charge is 2.31. The van der Waals surface area contributed by atoms with Crippen LogP contribution in [0.25, 0.3) is 22.7 Å². The molecule has 1 aromatic carbocycles. The Morgan fingerprint density at radius 1 is 1.06 bits per heavy atom. The predicted octanol–water partition coefficient (Wildman–Crippen LogP) is 5.37. The third kappa shape index (κ3) is 2.91. The van der Waals surface area contributed by atoms with Crippen LogP contribution in [0, 0.1) is 5.92 Å². The molecule has 2 fully saturated rings. The fourth-order valence-corrected chi connectivity index (χ4v) is 6.49. The van der Waals surface area contributed by atoms with Gasteiger partial charge in [0.2, 0.25) is 0 Å². The van der Waals surface area contributed by atoms with Crippen LogP contribution in [0.1, 0.15) is 81.4 Å². The Balaban J connectivity index is 1.67. The van der Waals surface area contributed by atoms with E-state index in [1.807, 2.05) is 6.07 Å². The molecule has 0 bridgehead atoms. The molecule has 4 heteroatoms. The summed E-state index contributed by atoms with van der Waals surface area (Å²) in [5.74, 6) is 1.61. The van der Waals surface area contributed by atoms with Gasteiger partial charge in [-0.3, -0.25) is 4.57 Å². The first-order valence-corrected chi connectivity index (χ1v) is 11.9. The molecule has 0 unspecified atom stereocenters. The number of hydrogen-bond acceptors (Lipinski definition) is 1. The van der Waals surface area contributed by atoms with Gasteiger partial charge < -0.3 is 9.67 Å². The lowest BCUT2D eigenvalue weighted by molar-refractivity contribution is 0.195. The van der Waals surface area contributed by atoms with Gasteiger partial charge in [-0.05, 0) is 61.6 Å². The number of nitrogens with zero attached hydrogens (tertiary/aromatic N) is 2. The summed E-state index contributed by atoms with van der Waals surface area (Å²) in [5, 5.41) is 13.1. The standard InChI is InChI=1S/C27H30N2O2/c1-17-10-11-21-23(14-17)22-12-13-28(27(30)31)25(22)16-29-24(21)15-19-8-5-9-20(26(19)29)18-6-3-2-4-7-18/h5,8-9,12-13,15-18,21H,2-4,6-7,10-11,14H2,1H3,(H,30,31)/t17-,21-/m0/s1. The van der Waals surface area contributed by atoms with E-state index in [0.717, 1.165) is 23.4 Å². The van der Waals surface area contributed by atoms with Crippen molar-refractivity contribution in [3.8, 4) is 0 Å². The minimum absolute atomic E-state index is 0.366. The molecule has 0 amide bonds. The van der Waals surface area contributed by atoms with Crippen molar-refractivity contribution < 1.29 is 9.90 Å². The van der Waals surface area contributed by atoms with Crippen LogP contribution in [-0.4, -0.2) is 20.3 Å². The lowest BCUT2D eigenvalue weighted by atomic mass is 9.77. The van der Waals surface area contributed by atoms with Gasteiger partial charge in [-0.15, -0.1) is 0 Å². The number of rotatable bonds is 1. The molecule has 2 atom stereocenters. The first-order chi connectivity index (χ1) is 15.1. The van der Waals surface area contributed by atoms with Crippen LogP contribution in [-0.2, 0) is 0 Å². The van der Waals surface area contributed by atoms with E-state index < -0.39 is 6.09 Å². The highest BCUT2D eigenvalue weighted by atomic mass is 16.4. The number of carbonyl (C=O) groups is 1. The van der Waals surface area contributed by atoms with Crippen molar-refractivity contribution in [2.45, 2.75) is 70.1 Å². The smallest absolute Gasteiger partial charge is 0.416 e. The molecule has 3 heterocycles. The van der Waals surface area contributed by atoms with E-state index in [0.29, 0.717) is 17.8 Å². The Labute approximate surface area is 182 Å². The minimum Gasteiger partial charge on any atom is -0.464 e. The van der Waals surface area contributed by atoms with Crippen molar-refractivity contribution >= 4 is 28.8 Å². The van der Waals surface area contributed by atoms with Crippen LogP contribution in [0.2, 0.25) is 0 Å². The van der Waals surface area contributed by atoms with E-state index >= 15 is 0 Å². The van der Waals surface area contributed by atoms with Crippen LogP contribution in [0.4, 0.5) is 4.79 Å². The SMILES string of the molecule is C[C@H]1CC[C@H]2C(=c3ccn(C(=O)O)c3=Cn3c2cc2cccc(C4CCCCC4)c23)C1. The van der Waals surface area contributed by atoms with Gasteiger partial charge in [-0.2, -0.15) is 0 Å². The summed E-state index contributed by atoms with van der Waals surface area (Å²) in [6.07, 6.45) is 12.8. The number of fused-ring (bicyclic) bond motifs is 6. The number of para-hydroxylation sites is 1. The molecule has 0 spiro atoms. The third-order valence-corrected chi connectivity index (χ3v) is 7.99. The van der Waals surface area contributed by atoms with Gasteiger partial charge in [0.15, 0.2) is 0 Å². The summed E-state index contributed by atoms with van der Waals surface area (Å²) in [6, 6.07) is 11.2. The zero-order valence-electron chi connectivity index (χ0n) is 18.2. The molecule has 160 valence electrons. The van der Waals surface area contributed by atoms with Crippen molar-refractivity contribution in [3.63, 3.8) is 0 Å². The lowest BCUT2D eigenvalue weighted by Gasteiger charge is -2.29. The van der Waals surface area contributed by atoms with Crippen molar-refractivity contribution in [2.75, 3.05) is 0 Å². The molecular weight excluding hydrogens is 384 g/mol. The normalized spacial score (nSPS) is 23.6. The van der Waals surface area contributed by atoms with Crippen LogP contribution in [0.15, 0.2) is 36.5 Å². The van der Waals surface area contributed by atoms with Crippen molar-refractivity contribution in [3.05, 3.63) is 58.4 Å². The maximum Gasteiger partial charge on any atom is 0.416 e. The van der Waals surface area contributed by atoms with Gasteiger partial charge in [-0.1, -0.05) is 50.0 Å². The molecule has 2 aromatic heterocycles. The summed E-state index contributed by atoms with van der Waals surface area (Å²) in [4.78, 5) is 12.0. The first-order valence-electron chi connectivity index (χ1n) is 11.9. The maximum atomic E-state index is 12.0. The topological polar surface area (TPSA) is 47.2 Å². The highest BCUT2D eigenvalue weighted by Crippen LogP contribution is 2.44. The van der Waals surface area contributed by atoms with E-state index in [4.69, 9.17) is 0 Å². The van der Waals surface area contributed by atoms with E-state index in [1.165, 1.54) is 70.8 Å². The molecule has 3 aliphatic rings. The minimum atomic E-state index is -0.911. The van der Waals surface area contributed by atoms with Crippen LogP contribution in [0.5, 0.6) is 0 Å². The zero-order valence-corrected chi connectivity index (χ0v) is 18.2. The monoisotopic (exact) mass is 414 g/mol. The highest BCUT2D eigenvalue weighted by molar-refractivity contribution is 5.88. The molecule has 2 aliphatic carbocycles. The molecule has 2 saturated carbocycles. The van der Waals surface area contributed by atoms with E-state index in [1.54, 1.807) is 6.20 Å². The van der Waals surface area contributed by atoms with E-state index in [-0.39, 0.29) is 0 Å². The first kappa shape index (κ1) is 19.0. The molecular formula is C27H30N2O2. The summed E-state index contributed by atoms with van der Waals surface area (Å²) in [7, 11) is 0. The lowest BCUT2D eigenvalue weighted by Crippen LogP contribution is -2.35. The Kier molecular flexibility index (Phi) is 4.38. The predicted molar refractivity (Wildman–Crippen MR) is 124 cm³/mol. The zero-order chi connectivity index (χ0) is 21.1. The number of carboxylic acid groups (broad SMARTS) is 1. The molecule has 1 N–H and O–H groups in total. The van der Waals surface area contributed by atoms with E-state index in [2.05, 4.69) is 42.0 Å². The molecule has 4 nitrogen and oxygen atoms in total. The molecule has 1 aliphatic heterocycles. The molecule has 0 radical (unpaired) electrons. The molecule has 3 aromatic rings. The molecule has 0 saturated heterocycles. The van der Waals surface area contributed by atoms with Crippen LogP contribution in [0.3, 0.4) is 0 Å². The second-order valence-corrected chi connectivity index (χ2v) is 9.92. The quantitative estimate of drug-likeness (QED) is 0.582.